The van der Waals surface area contributed by atoms with Gasteiger partial charge < -0.3 is 25.4 Å². The number of nitrogens with zero attached hydrogens (tertiary/aromatic N) is 2. The van der Waals surface area contributed by atoms with Crippen LogP contribution in [0.15, 0.2) is 12.1 Å². The molecule has 1 aliphatic rings. The molecule has 8 nitrogen and oxygen atoms in total. The lowest BCUT2D eigenvalue weighted by Crippen LogP contribution is -2.40. The lowest BCUT2D eigenvalue weighted by molar-refractivity contribution is -0.140. The first-order chi connectivity index (χ1) is 13.6. The molecule has 1 atom stereocenters. The molecule has 0 saturated carbocycles. The van der Waals surface area contributed by atoms with Crippen LogP contribution in [0.3, 0.4) is 0 Å². The number of aliphatic carboxylic acids is 1. The first-order valence-corrected chi connectivity index (χ1v) is 10.0. The number of carboxylic acids is 1. The van der Waals surface area contributed by atoms with Crippen LogP contribution in [0.25, 0.3) is 0 Å². The first-order valence-electron chi connectivity index (χ1n) is 10.0. The fourth-order valence-corrected chi connectivity index (χ4v) is 3.38. The summed E-state index contributed by atoms with van der Waals surface area (Å²) in [6, 6.07) is 3.45. The summed E-state index contributed by atoms with van der Waals surface area (Å²) in [5, 5.41) is 14.9. The van der Waals surface area contributed by atoms with Crippen molar-refractivity contribution in [2.24, 2.45) is 0 Å². The molecule has 8 heteroatoms. The van der Waals surface area contributed by atoms with E-state index in [4.69, 9.17) is 14.8 Å². The highest BCUT2D eigenvalue weighted by Crippen LogP contribution is 2.20. The number of nitrogens with one attached hydrogen (secondary N) is 2. The minimum Gasteiger partial charge on any atom is -0.480 e. The molecule has 0 saturated heterocycles. The molecule has 2 heterocycles. The van der Waals surface area contributed by atoms with Crippen LogP contribution in [-0.2, 0) is 27.2 Å². The van der Waals surface area contributed by atoms with Crippen molar-refractivity contribution in [2.75, 3.05) is 45.2 Å². The number of amides is 1. The number of methoxy groups -OCH3 is 1. The second-order valence-corrected chi connectivity index (χ2v) is 7.10. The van der Waals surface area contributed by atoms with Crippen molar-refractivity contribution in [1.29, 1.82) is 0 Å². The topological polar surface area (TPSA) is 104 Å². The third-order valence-electron chi connectivity index (χ3n) is 5.02. The van der Waals surface area contributed by atoms with Crippen LogP contribution in [0.1, 0.15) is 36.9 Å². The summed E-state index contributed by atoms with van der Waals surface area (Å²) < 4.78 is 5.16. The minimum atomic E-state index is -1.01. The van der Waals surface area contributed by atoms with Gasteiger partial charge in [0.25, 0.3) is 0 Å². The number of unbranched alkanes of at least 4 members (excludes halogenated alkanes) is 1. The highest BCUT2D eigenvalue weighted by molar-refractivity contribution is 5.76. The molecule has 1 unspecified atom stereocenters. The highest BCUT2D eigenvalue weighted by Gasteiger charge is 2.17. The maximum atomic E-state index is 11.2. The van der Waals surface area contributed by atoms with E-state index in [9.17, 15) is 9.59 Å². The van der Waals surface area contributed by atoms with E-state index in [0.29, 0.717) is 26.0 Å². The SMILES string of the molecule is COCCN(CCCCc1ccc2c(n1)NCCC2)CCC(NC=O)C(=O)O. The maximum absolute atomic E-state index is 11.2. The van der Waals surface area contributed by atoms with Crippen LogP contribution < -0.4 is 10.6 Å². The van der Waals surface area contributed by atoms with Gasteiger partial charge in [0.2, 0.25) is 6.41 Å². The summed E-state index contributed by atoms with van der Waals surface area (Å²) in [6.45, 7) is 3.79. The van der Waals surface area contributed by atoms with E-state index in [1.807, 2.05) is 0 Å². The van der Waals surface area contributed by atoms with Gasteiger partial charge in [-0.05, 0) is 56.7 Å². The largest absolute Gasteiger partial charge is 0.480 e. The van der Waals surface area contributed by atoms with E-state index in [2.05, 4.69) is 27.7 Å². The molecule has 0 spiro atoms. The van der Waals surface area contributed by atoms with Crippen LogP contribution in [0.4, 0.5) is 5.82 Å². The van der Waals surface area contributed by atoms with Crippen molar-refractivity contribution in [3.05, 3.63) is 23.4 Å². The molecule has 0 aliphatic carbocycles. The van der Waals surface area contributed by atoms with Crippen LogP contribution in [0.5, 0.6) is 0 Å². The Kier molecular flexibility index (Phi) is 9.71. The molecule has 0 radical (unpaired) electrons. The quantitative estimate of drug-likeness (QED) is 0.324. The zero-order valence-electron chi connectivity index (χ0n) is 16.7. The number of fused-ring (bicyclic) bond motifs is 1. The van der Waals surface area contributed by atoms with Crippen LogP contribution in [0.2, 0.25) is 0 Å². The van der Waals surface area contributed by atoms with E-state index < -0.39 is 12.0 Å². The molecule has 1 aromatic rings. The van der Waals surface area contributed by atoms with E-state index in [0.717, 1.165) is 63.3 Å². The zero-order chi connectivity index (χ0) is 20.2. The van der Waals surface area contributed by atoms with Gasteiger partial charge >= 0.3 is 5.97 Å². The average molecular weight is 393 g/mol. The van der Waals surface area contributed by atoms with Gasteiger partial charge in [-0.3, -0.25) is 4.79 Å². The number of pyridine rings is 1. The standard InChI is InChI=1S/C20H32N4O4/c1-28-14-13-24(12-9-18(20(26)27)22-15-25)11-3-2-6-17-8-7-16-5-4-10-21-19(16)23-17/h7-8,15,18H,2-6,9-14H2,1H3,(H,21,23)(H,22,25)(H,26,27). The van der Waals surface area contributed by atoms with Gasteiger partial charge in [0, 0.05) is 32.4 Å². The Morgan fingerprint density at radius 1 is 1.39 bits per heavy atom. The lowest BCUT2D eigenvalue weighted by atomic mass is 10.1. The molecule has 1 aliphatic heterocycles. The summed E-state index contributed by atoms with van der Waals surface area (Å²) in [5.41, 5.74) is 2.41. The number of hydrogen-bond donors (Lipinski definition) is 3. The molecule has 1 aromatic heterocycles. The van der Waals surface area contributed by atoms with E-state index >= 15 is 0 Å². The van der Waals surface area contributed by atoms with Gasteiger partial charge in [-0.1, -0.05) is 6.07 Å². The fourth-order valence-electron chi connectivity index (χ4n) is 3.38. The first kappa shape index (κ1) is 22.1. The second-order valence-electron chi connectivity index (χ2n) is 7.10. The number of carbonyl (C=O) groups excluding carboxylic acids is 1. The van der Waals surface area contributed by atoms with E-state index in [1.54, 1.807) is 7.11 Å². The fraction of sp³-hybridized carbons (Fsp3) is 0.650. The lowest BCUT2D eigenvalue weighted by Gasteiger charge is -2.23. The summed E-state index contributed by atoms with van der Waals surface area (Å²) in [5.74, 6) is 0.0266. The number of anilines is 1. The summed E-state index contributed by atoms with van der Waals surface area (Å²) in [6.07, 6.45) is 6.02. The second kappa shape index (κ2) is 12.3. The van der Waals surface area contributed by atoms with Crippen molar-refractivity contribution in [3.8, 4) is 0 Å². The number of ether oxygens (including phenoxy) is 1. The smallest absolute Gasteiger partial charge is 0.326 e. The average Bonchev–Trinajstić information content (AvgIpc) is 2.71. The van der Waals surface area contributed by atoms with Crippen LogP contribution in [0, 0.1) is 0 Å². The minimum absolute atomic E-state index is 0.371. The Balaban J connectivity index is 1.76. The van der Waals surface area contributed by atoms with Crippen molar-refractivity contribution < 1.29 is 19.4 Å². The molecule has 0 bridgehead atoms. The van der Waals surface area contributed by atoms with Gasteiger partial charge in [-0.2, -0.15) is 0 Å². The van der Waals surface area contributed by atoms with Gasteiger partial charge in [-0.15, -0.1) is 0 Å². The molecule has 156 valence electrons. The predicted molar refractivity (Wildman–Crippen MR) is 108 cm³/mol. The van der Waals surface area contributed by atoms with Crippen molar-refractivity contribution in [2.45, 2.75) is 44.6 Å². The van der Waals surface area contributed by atoms with Gasteiger partial charge in [0.05, 0.1) is 6.61 Å². The number of aryl methyl sites for hydroxylation is 2. The Hall–Kier alpha value is -2.19. The monoisotopic (exact) mass is 392 g/mol. The molecular formula is C20H32N4O4. The third kappa shape index (κ3) is 7.44. The number of rotatable bonds is 14. The van der Waals surface area contributed by atoms with Gasteiger partial charge in [0.15, 0.2) is 0 Å². The Labute approximate surface area is 166 Å². The Morgan fingerprint density at radius 3 is 3.00 bits per heavy atom. The van der Waals surface area contributed by atoms with E-state index in [-0.39, 0.29) is 0 Å². The van der Waals surface area contributed by atoms with Crippen molar-refractivity contribution >= 4 is 18.2 Å². The normalized spacial score (nSPS) is 14.2. The summed E-state index contributed by atoms with van der Waals surface area (Å²) in [4.78, 5) is 28.6. The van der Waals surface area contributed by atoms with Gasteiger partial charge in [-0.25, -0.2) is 9.78 Å². The molecule has 28 heavy (non-hydrogen) atoms. The Morgan fingerprint density at radius 2 is 2.25 bits per heavy atom. The molecule has 0 fully saturated rings. The molecule has 3 N–H and O–H groups in total. The number of carboxylic acid groups (broad SMARTS) is 1. The van der Waals surface area contributed by atoms with E-state index in [1.165, 1.54) is 5.56 Å². The van der Waals surface area contributed by atoms with Crippen molar-refractivity contribution in [3.63, 3.8) is 0 Å². The molecular weight excluding hydrogens is 360 g/mol. The number of carbonyl (C=O) groups is 2. The highest BCUT2D eigenvalue weighted by atomic mass is 16.5. The predicted octanol–water partition coefficient (Wildman–Crippen LogP) is 1.30. The number of hydrogen-bond acceptors (Lipinski definition) is 6. The molecule has 2 rings (SSSR count). The third-order valence-corrected chi connectivity index (χ3v) is 5.02. The molecule has 1 amide bonds. The number of aromatic nitrogens is 1. The zero-order valence-corrected chi connectivity index (χ0v) is 16.7. The van der Waals surface area contributed by atoms with Crippen LogP contribution in [-0.4, -0.2) is 73.3 Å². The molecule has 0 aromatic carbocycles. The van der Waals surface area contributed by atoms with Crippen LogP contribution >= 0.6 is 0 Å². The Bertz CT molecular complexity index is 626. The van der Waals surface area contributed by atoms with Crippen molar-refractivity contribution in [1.82, 2.24) is 15.2 Å². The van der Waals surface area contributed by atoms with Gasteiger partial charge in [0.1, 0.15) is 11.9 Å². The maximum Gasteiger partial charge on any atom is 0.326 e. The summed E-state index contributed by atoms with van der Waals surface area (Å²) >= 11 is 0. The summed E-state index contributed by atoms with van der Waals surface area (Å²) in [7, 11) is 1.65.